The number of rotatable bonds is 14. The molecule has 4 aromatic rings. The van der Waals surface area contributed by atoms with Gasteiger partial charge in [-0.3, -0.25) is 9.08 Å². The molecular weight excluding hydrogens is 648 g/mol. The van der Waals surface area contributed by atoms with Gasteiger partial charge in [0.2, 0.25) is 0 Å². The number of benzene rings is 4. The van der Waals surface area contributed by atoms with Crippen molar-refractivity contribution in [3.63, 3.8) is 0 Å². The Balaban J connectivity index is 1.51. The number of hydrogen-bond acceptors (Lipinski definition) is 9. The van der Waals surface area contributed by atoms with Gasteiger partial charge in [-0.25, -0.2) is 9.59 Å². The van der Waals surface area contributed by atoms with E-state index in [1.165, 1.54) is 12.1 Å². The molecule has 12 nitrogen and oxygen atoms in total. The van der Waals surface area contributed by atoms with Crippen molar-refractivity contribution in [2.24, 2.45) is 5.11 Å². The summed E-state index contributed by atoms with van der Waals surface area (Å²) in [6.45, 7) is 0.582. The third kappa shape index (κ3) is 7.82. The SMILES string of the molecule is COC(=O)/C=C(\COS(=O)(=O)c1ccc(C)cc1)N1C(=O)O[C@H](COC(c2ccccc2)(c2ccccc2)c2ccccc2)[C@H]1CN=[N+]=[N-]. The average Bonchev–Trinajstić information content (AvgIpc) is 3.45. The third-order valence-corrected chi connectivity index (χ3v) is 9.29. The summed E-state index contributed by atoms with van der Waals surface area (Å²) in [4.78, 5) is 29.8. The van der Waals surface area contributed by atoms with E-state index in [0.29, 0.717) is 0 Å². The van der Waals surface area contributed by atoms with Crippen LogP contribution in [-0.2, 0) is 38.9 Å². The highest BCUT2D eigenvalue weighted by Crippen LogP contribution is 2.41. The number of ether oxygens (including phenoxy) is 3. The second-order valence-corrected chi connectivity index (χ2v) is 12.7. The first-order valence-electron chi connectivity index (χ1n) is 15.3. The highest BCUT2D eigenvalue weighted by atomic mass is 32.2. The van der Waals surface area contributed by atoms with Crippen LogP contribution in [0.1, 0.15) is 22.3 Å². The lowest BCUT2D eigenvalue weighted by Crippen LogP contribution is -2.43. The molecule has 1 fully saturated rings. The Morgan fingerprint density at radius 3 is 1.94 bits per heavy atom. The van der Waals surface area contributed by atoms with Gasteiger partial charge in [0.1, 0.15) is 18.3 Å². The number of methoxy groups -OCH3 is 1. The highest BCUT2D eigenvalue weighted by molar-refractivity contribution is 7.86. The van der Waals surface area contributed by atoms with Gasteiger partial charge in [-0.1, -0.05) is 114 Å². The summed E-state index contributed by atoms with van der Waals surface area (Å²) in [5, 5.41) is 3.70. The normalized spacial score (nSPS) is 16.5. The van der Waals surface area contributed by atoms with Crippen molar-refractivity contribution in [2.75, 3.05) is 26.9 Å². The monoisotopic (exact) mass is 682 g/mol. The van der Waals surface area contributed by atoms with Crippen LogP contribution in [0, 0.1) is 6.92 Å². The Hall–Kier alpha value is -5.46. The van der Waals surface area contributed by atoms with Crippen LogP contribution < -0.4 is 0 Å². The summed E-state index contributed by atoms with van der Waals surface area (Å²) in [6, 6.07) is 33.7. The number of esters is 1. The number of cyclic esters (lactones) is 1. The van der Waals surface area contributed by atoms with E-state index >= 15 is 0 Å². The van der Waals surface area contributed by atoms with Crippen LogP contribution in [0.2, 0.25) is 0 Å². The molecule has 0 bridgehead atoms. The number of nitrogens with zero attached hydrogens (tertiary/aromatic N) is 4. The summed E-state index contributed by atoms with van der Waals surface area (Å²) in [5.41, 5.74) is 11.1. The second-order valence-electron chi connectivity index (χ2n) is 11.1. The summed E-state index contributed by atoms with van der Waals surface area (Å²) in [6.07, 6.45) is -1.04. The third-order valence-electron chi connectivity index (χ3n) is 8.01. The van der Waals surface area contributed by atoms with Gasteiger partial charge in [-0.05, 0) is 41.3 Å². The molecule has 1 aliphatic rings. The van der Waals surface area contributed by atoms with E-state index in [4.69, 9.17) is 18.4 Å². The van der Waals surface area contributed by atoms with Gasteiger partial charge in [0.05, 0.1) is 36.9 Å². The molecule has 2 atom stereocenters. The molecule has 252 valence electrons. The molecule has 5 rings (SSSR count). The maximum atomic E-state index is 13.6. The number of hydrogen-bond donors (Lipinski definition) is 0. The van der Waals surface area contributed by atoms with E-state index in [9.17, 15) is 23.5 Å². The van der Waals surface area contributed by atoms with Crippen LogP contribution in [0.25, 0.3) is 10.4 Å². The van der Waals surface area contributed by atoms with Gasteiger partial charge in [0, 0.05) is 11.0 Å². The lowest BCUT2D eigenvalue weighted by Gasteiger charge is -2.37. The number of carbonyl (C=O) groups is 2. The maximum Gasteiger partial charge on any atom is 0.414 e. The Morgan fingerprint density at radius 2 is 1.45 bits per heavy atom. The van der Waals surface area contributed by atoms with E-state index in [2.05, 4.69) is 10.0 Å². The number of aryl methyl sites for hydroxylation is 1. The van der Waals surface area contributed by atoms with Gasteiger partial charge in [0.15, 0.2) is 0 Å². The molecule has 1 heterocycles. The zero-order chi connectivity index (χ0) is 34.9. The first-order chi connectivity index (χ1) is 23.7. The Morgan fingerprint density at radius 1 is 0.918 bits per heavy atom. The van der Waals surface area contributed by atoms with Crippen LogP contribution in [0.3, 0.4) is 0 Å². The number of amides is 1. The Kier molecular flexibility index (Phi) is 11.1. The quantitative estimate of drug-likeness (QED) is 0.0287. The van der Waals surface area contributed by atoms with Crippen molar-refractivity contribution < 1.29 is 36.4 Å². The molecule has 0 aromatic heterocycles. The van der Waals surface area contributed by atoms with Crippen molar-refractivity contribution in [1.82, 2.24) is 4.90 Å². The summed E-state index contributed by atoms with van der Waals surface area (Å²) < 4.78 is 48.8. The van der Waals surface area contributed by atoms with E-state index < -0.39 is 46.5 Å². The van der Waals surface area contributed by atoms with E-state index in [1.807, 2.05) is 91.0 Å². The lowest BCUT2D eigenvalue weighted by molar-refractivity contribution is -0.135. The first-order valence-corrected chi connectivity index (χ1v) is 16.7. The fourth-order valence-electron chi connectivity index (χ4n) is 5.62. The predicted octanol–water partition coefficient (Wildman–Crippen LogP) is 6.27. The highest BCUT2D eigenvalue weighted by Gasteiger charge is 2.46. The maximum absolute atomic E-state index is 13.6. The summed E-state index contributed by atoms with van der Waals surface area (Å²) in [5.74, 6) is -0.877. The Labute approximate surface area is 284 Å². The molecule has 0 saturated carbocycles. The van der Waals surface area contributed by atoms with Crippen LogP contribution in [0.5, 0.6) is 0 Å². The molecule has 0 radical (unpaired) electrons. The molecule has 0 aliphatic carbocycles. The van der Waals surface area contributed by atoms with Gasteiger partial charge in [-0.15, -0.1) is 0 Å². The van der Waals surface area contributed by atoms with Crippen molar-refractivity contribution in [1.29, 1.82) is 0 Å². The minimum absolute atomic E-state index is 0.115. The molecule has 1 amide bonds. The van der Waals surface area contributed by atoms with Gasteiger partial charge >= 0.3 is 12.1 Å². The summed E-state index contributed by atoms with van der Waals surface area (Å²) >= 11 is 0. The largest absolute Gasteiger partial charge is 0.466 e. The van der Waals surface area contributed by atoms with Crippen molar-refractivity contribution in [3.8, 4) is 0 Å². The standard InChI is InChI=1S/C36H34N4O8S/c1-26-18-20-31(21-19-26)49(43,44)47-24-30(22-34(41)45-2)40-32(23-38-39-37)33(48-35(40)42)25-46-36(27-12-6-3-7-13-27,28-14-8-4-9-15-28)29-16-10-5-11-17-29/h3-22,32-33H,23-25H2,1-2H3/b30-22+/t32-,33-/m1/s1. The van der Waals surface area contributed by atoms with Crippen molar-refractivity contribution >= 4 is 22.2 Å². The summed E-state index contributed by atoms with van der Waals surface area (Å²) in [7, 11) is -3.18. The number of carbonyl (C=O) groups excluding carboxylic acids is 2. The smallest absolute Gasteiger partial charge is 0.414 e. The molecule has 1 aliphatic heterocycles. The Bertz CT molecular complexity index is 1840. The van der Waals surface area contributed by atoms with Crippen LogP contribution in [-0.4, -0.2) is 64.4 Å². The average molecular weight is 683 g/mol. The molecule has 0 spiro atoms. The van der Waals surface area contributed by atoms with Gasteiger partial charge in [0.25, 0.3) is 10.1 Å². The molecule has 0 N–H and O–H groups in total. The lowest BCUT2D eigenvalue weighted by atomic mass is 9.80. The van der Waals surface area contributed by atoms with E-state index in [-0.39, 0.29) is 23.7 Å². The molecule has 0 unspecified atom stereocenters. The minimum atomic E-state index is -4.31. The van der Waals surface area contributed by atoms with Gasteiger partial charge < -0.3 is 14.2 Å². The molecule has 1 saturated heterocycles. The molecular formula is C36H34N4O8S. The predicted molar refractivity (Wildman–Crippen MR) is 179 cm³/mol. The van der Waals surface area contributed by atoms with E-state index in [1.54, 1.807) is 19.1 Å². The fourth-order valence-corrected chi connectivity index (χ4v) is 6.50. The molecule has 49 heavy (non-hydrogen) atoms. The van der Waals surface area contributed by atoms with Gasteiger partial charge in [-0.2, -0.15) is 8.42 Å². The van der Waals surface area contributed by atoms with Crippen LogP contribution in [0.4, 0.5) is 4.79 Å². The fraction of sp³-hybridized carbons (Fsp3) is 0.222. The zero-order valence-electron chi connectivity index (χ0n) is 26.8. The van der Waals surface area contributed by atoms with E-state index in [0.717, 1.165) is 40.3 Å². The topological polar surface area (TPSA) is 157 Å². The van der Waals surface area contributed by atoms with Crippen molar-refractivity contribution in [3.05, 3.63) is 160 Å². The second kappa shape index (κ2) is 15.6. The van der Waals surface area contributed by atoms with Crippen LogP contribution in [0.15, 0.2) is 137 Å². The zero-order valence-corrected chi connectivity index (χ0v) is 27.6. The first kappa shape index (κ1) is 34.9. The molecule has 13 heteroatoms. The van der Waals surface area contributed by atoms with Crippen LogP contribution >= 0.6 is 0 Å². The minimum Gasteiger partial charge on any atom is -0.466 e. The van der Waals surface area contributed by atoms with Crippen molar-refractivity contribution in [2.45, 2.75) is 29.6 Å². The molecule has 4 aromatic carbocycles. The number of azide groups is 1.